The smallest absolute Gasteiger partial charge is 0.416 e. The van der Waals surface area contributed by atoms with Gasteiger partial charge in [-0.1, -0.05) is 0 Å². The van der Waals surface area contributed by atoms with Crippen molar-refractivity contribution in [1.82, 2.24) is 0 Å². The highest BCUT2D eigenvalue weighted by atomic mass is 127. The fourth-order valence-electron chi connectivity index (χ4n) is 1.23. The highest BCUT2D eigenvalue weighted by molar-refractivity contribution is 14.1. The van der Waals surface area contributed by atoms with Gasteiger partial charge in [0.2, 0.25) is 0 Å². The monoisotopic (exact) mass is 369 g/mol. The summed E-state index contributed by atoms with van der Waals surface area (Å²) in [6.07, 6.45) is -4.61. The summed E-state index contributed by atoms with van der Waals surface area (Å²) in [6.45, 7) is 1.59. The minimum Gasteiger partial charge on any atom is -0.462 e. The lowest BCUT2D eigenvalue weighted by atomic mass is 10.1. The van der Waals surface area contributed by atoms with E-state index < -0.39 is 17.7 Å². The number of rotatable bonds is 2. The molecule has 0 bridgehead atoms. The van der Waals surface area contributed by atoms with Crippen LogP contribution in [0.25, 0.3) is 0 Å². The van der Waals surface area contributed by atoms with E-state index in [1.165, 1.54) is 0 Å². The first-order chi connectivity index (χ1) is 8.31. The van der Waals surface area contributed by atoms with E-state index in [1.807, 2.05) is 0 Å². The number of ether oxygens (including phenoxy) is 1. The van der Waals surface area contributed by atoms with Gasteiger partial charge in [0, 0.05) is 3.57 Å². The first-order valence-electron chi connectivity index (χ1n) is 4.79. The lowest BCUT2D eigenvalue weighted by Crippen LogP contribution is -2.12. The fraction of sp³-hybridized carbons (Fsp3) is 0.273. The van der Waals surface area contributed by atoms with Gasteiger partial charge in [0.15, 0.2) is 0 Å². The third-order valence-electron chi connectivity index (χ3n) is 2.02. The van der Waals surface area contributed by atoms with Gasteiger partial charge in [0.05, 0.1) is 23.3 Å². The Labute approximate surface area is 115 Å². The molecule has 3 nitrogen and oxygen atoms in total. The van der Waals surface area contributed by atoms with E-state index >= 15 is 0 Å². The van der Waals surface area contributed by atoms with Crippen LogP contribution < -0.4 is 0 Å². The number of benzene rings is 1. The average Bonchev–Trinajstić information content (AvgIpc) is 2.28. The SMILES string of the molecule is CCOC(=O)c1cc(C(F)(F)F)cc(C#N)c1I. The van der Waals surface area contributed by atoms with Crippen molar-refractivity contribution in [3.8, 4) is 6.07 Å². The van der Waals surface area contributed by atoms with Crippen LogP contribution in [0.15, 0.2) is 12.1 Å². The molecule has 0 aliphatic heterocycles. The van der Waals surface area contributed by atoms with Gasteiger partial charge < -0.3 is 4.74 Å². The van der Waals surface area contributed by atoms with E-state index in [0.717, 1.165) is 0 Å². The van der Waals surface area contributed by atoms with E-state index in [1.54, 1.807) is 35.6 Å². The van der Waals surface area contributed by atoms with Gasteiger partial charge in [-0.3, -0.25) is 0 Å². The van der Waals surface area contributed by atoms with Gasteiger partial charge in [-0.05, 0) is 41.6 Å². The molecule has 0 atom stereocenters. The summed E-state index contributed by atoms with van der Waals surface area (Å²) >= 11 is 1.65. The van der Waals surface area contributed by atoms with Crippen LogP contribution >= 0.6 is 22.6 Å². The number of nitriles is 1. The summed E-state index contributed by atoms with van der Waals surface area (Å²) < 4.78 is 42.6. The van der Waals surface area contributed by atoms with E-state index in [9.17, 15) is 18.0 Å². The standard InChI is InChI=1S/C11H7F3INO2/c1-2-18-10(17)8-4-7(11(12,13)14)3-6(5-16)9(8)15/h3-4H,2H2,1H3. The Morgan fingerprint density at radius 3 is 2.56 bits per heavy atom. The van der Waals surface area contributed by atoms with Crippen molar-refractivity contribution in [2.75, 3.05) is 6.61 Å². The maximum Gasteiger partial charge on any atom is 0.416 e. The Morgan fingerprint density at radius 2 is 2.11 bits per heavy atom. The molecule has 0 fully saturated rings. The second-order valence-electron chi connectivity index (χ2n) is 3.22. The third-order valence-corrected chi connectivity index (χ3v) is 3.18. The van der Waals surface area contributed by atoms with E-state index in [4.69, 9.17) is 5.26 Å². The molecular formula is C11H7F3INO2. The van der Waals surface area contributed by atoms with Crippen molar-refractivity contribution in [3.63, 3.8) is 0 Å². The van der Waals surface area contributed by atoms with Gasteiger partial charge in [-0.2, -0.15) is 18.4 Å². The van der Waals surface area contributed by atoms with Gasteiger partial charge in [0.1, 0.15) is 6.07 Å². The second-order valence-corrected chi connectivity index (χ2v) is 4.29. The third kappa shape index (κ3) is 3.13. The molecule has 96 valence electrons. The molecular weight excluding hydrogens is 362 g/mol. The zero-order chi connectivity index (χ0) is 13.9. The lowest BCUT2D eigenvalue weighted by molar-refractivity contribution is -0.137. The van der Waals surface area contributed by atoms with Gasteiger partial charge in [0.25, 0.3) is 0 Å². The lowest BCUT2D eigenvalue weighted by Gasteiger charge is -2.11. The number of hydrogen-bond donors (Lipinski definition) is 0. The number of nitrogens with zero attached hydrogens (tertiary/aromatic N) is 1. The predicted molar refractivity (Wildman–Crippen MR) is 64.8 cm³/mol. The summed E-state index contributed by atoms with van der Waals surface area (Å²) in [6, 6.07) is 3.04. The van der Waals surface area contributed by atoms with E-state index in [0.29, 0.717) is 12.1 Å². The molecule has 0 spiro atoms. The molecule has 0 radical (unpaired) electrons. The molecule has 0 aliphatic carbocycles. The van der Waals surface area contributed by atoms with Crippen molar-refractivity contribution in [1.29, 1.82) is 5.26 Å². The topological polar surface area (TPSA) is 50.1 Å². The summed E-state index contributed by atoms with van der Waals surface area (Å²) in [7, 11) is 0. The highest BCUT2D eigenvalue weighted by Gasteiger charge is 2.33. The van der Waals surface area contributed by atoms with Crippen molar-refractivity contribution in [2.24, 2.45) is 0 Å². The van der Waals surface area contributed by atoms with E-state index in [2.05, 4.69) is 4.74 Å². The summed E-state index contributed by atoms with van der Waals surface area (Å²) in [5, 5.41) is 8.77. The van der Waals surface area contributed by atoms with Crippen LogP contribution in [0.5, 0.6) is 0 Å². The fourth-order valence-corrected chi connectivity index (χ4v) is 1.88. The first-order valence-corrected chi connectivity index (χ1v) is 5.87. The maximum absolute atomic E-state index is 12.6. The predicted octanol–water partition coefficient (Wildman–Crippen LogP) is 3.36. The Balaban J connectivity index is 3.42. The van der Waals surface area contributed by atoms with Crippen LogP contribution in [-0.2, 0) is 10.9 Å². The van der Waals surface area contributed by atoms with Crippen molar-refractivity contribution >= 4 is 28.6 Å². The molecule has 0 saturated carbocycles. The molecule has 1 aromatic rings. The van der Waals surface area contributed by atoms with Crippen LogP contribution in [-0.4, -0.2) is 12.6 Å². The zero-order valence-corrected chi connectivity index (χ0v) is 11.3. The number of alkyl halides is 3. The van der Waals surface area contributed by atoms with Crippen LogP contribution in [0.1, 0.15) is 28.4 Å². The Hall–Kier alpha value is -1.30. The van der Waals surface area contributed by atoms with Crippen molar-refractivity contribution < 1.29 is 22.7 Å². The summed E-state index contributed by atoms with van der Waals surface area (Å²) in [5.41, 5.74) is -1.49. The van der Waals surface area contributed by atoms with Crippen LogP contribution in [0.4, 0.5) is 13.2 Å². The highest BCUT2D eigenvalue weighted by Crippen LogP contribution is 2.32. The molecule has 1 aromatic carbocycles. The van der Waals surface area contributed by atoms with Gasteiger partial charge in [-0.15, -0.1) is 0 Å². The molecule has 0 aliphatic rings. The molecule has 0 heterocycles. The Bertz CT molecular complexity index is 520. The summed E-state index contributed by atoms with van der Waals surface area (Å²) in [4.78, 5) is 11.5. The second kappa shape index (κ2) is 5.56. The van der Waals surface area contributed by atoms with Gasteiger partial charge in [-0.25, -0.2) is 4.79 Å². The number of hydrogen-bond acceptors (Lipinski definition) is 3. The van der Waals surface area contributed by atoms with Crippen molar-refractivity contribution in [3.05, 3.63) is 32.4 Å². The normalized spacial score (nSPS) is 10.9. The zero-order valence-electron chi connectivity index (χ0n) is 9.14. The quantitative estimate of drug-likeness (QED) is 0.594. The Kier molecular flexibility index (Phi) is 4.56. The molecule has 0 unspecified atom stereocenters. The minimum atomic E-state index is -4.61. The molecule has 18 heavy (non-hydrogen) atoms. The number of carbonyl (C=O) groups is 1. The molecule has 0 N–H and O–H groups in total. The van der Waals surface area contributed by atoms with Crippen LogP contribution in [0, 0.1) is 14.9 Å². The Morgan fingerprint density at radius 1 is 1.50 bits per heavy atom. The van der Waals surface area contributed by atoms with Gasteiger partial charge >= 0.3 is 12.1 Å². The van der Waals surface area contributed by atoms with Crippen LogP contribution in [0.3, 0.4) is 0 Å². The average molecular weight is 369 g/mol. The van der Waals surface area contributed by atoms with Crippen molar-refractivity contribution in [2.45, 2.75) is 13.1 Å². The maximum atomic E-state index is 12.6. The molecule has 0 amide bonds. The molecule has 7 heteroatoms. The number of esters is 1. The first kappa shape index (κ1) is 14.8. The largest absolute Gasteiger partial charge is 0.462 e. The van der Waals surface area contributed by atoms with Crippen LogP contribution in [0.2, 0.25) is 0 Å². The molecule has 0 saturated heterocycles. The summed E-state index contributed by atoms with van der Waals surface area (Å²) in [5.74, 6) is -0.871. The minimum absolute atomic E-state index is 0.0487. The number of carbonyl (C=O) groups excluding carboxylic acids is 1. The molecule has 0 aromatic heterocycles. The van der Waals surface area contributed by atoms with E-state index in [-0.39, 0.29) is 21.3 Å². The molecule has 1 rings (SSSR count). The number of halogens is 4.